The van der Waals surface area contributed by atoms with E-state index in [4.69, 9.17) is 28.5 Å². The summed E-state index contributed by atoms with van der Waals surface area (Å²) >= 11 is 3.70. The molecule has 3 aromatic rings. The Balaban J connectivity index is 1.75. The lowest BCUT2D eigenvalue weighted by atomic mass is 9.78. The molecule has 2 aliphatic heterocycles. The zero-order chi connectivity index (χ0) is 29.9. The zero-order valence-corrected chi connectivity index (χ0v) is 27.1. The fourth-order valence-corrected chi connectivity index (χ4v) is 6.04. The fourth-order valence-electron chi connectivity index (χ4n) is 5.60. The Kier molecular flexibility index (Phi) is 7.85. The molecular weight excluding hydrogens is 587 g/mol. The summed E-state index contributed by atoms with van der Waals surface area (Å²) in [5, 5.41) is 1.09. The number of halogens is 1. The molecule has 5 rings (SSSR count). The SMILES string of the molecule is CO[C@@H](C)c1ncc(B2OC(C)(C)C(C)(C)O2)cc1-c1c(CC(C)(C)COC(C)=O)c2cc(Br)cc3c2n1CCO3. The van der Waals surface area contributed by atoms with Crippen LogP contribution in [0.3, 0.4) is 0 Å². The molecule has 0 spiro atoms. The predicted octanol–water partition coefficient (Wildman–Crippen LogP) is 6.00. The van der Waals surface area contributed by atoms with Gasteiger partial charge in [0.2, 0.25) is 0 Å². The lowest BCUT2D eigenvalue weighted by molar-refractivity contribution is -0.143. The largest absolute Gasteiger partial charge is 0.496 e. The lowest BCUT2D eigenvalue weighted by Gasteiger charge is -2.32. The van der Waals surface area contributed by atoms with Crippen LogP contribution in [0.15, 0.2) is 28.9 Å². The highest BCUT2D eigenvalue weighted by atomic mass is 79.9. The zero-order valence-electron chi connectivity index (χ0n) is 25.5. The maximum absolute atomic E-state index is 11.7. The quantitative estimate of drug-likeness (QED) is 0.224. The van der Waals surface area contributed by atoms with E-state index in [9.17, 15) is 4.79 Å². The molecule has 10 heteroatoms. The number of pyridine rings is 1. The van der Waals surface area contributed by atoms with Crippen molar-refractivity contribution in [1.82, 2.24) is 9.55 Å². The summed E-state index contributed by atoms with van der Waals surface area (Å²) in [5.41, 5.74) is 4.61. The molecule has 8 nitrogen and oxygen atoms in total. The van der Waals surface area contributed by atoms with E-state index in [0.29, 0.717) is 26.2 Å². The number of hydrogen-bond donors (Lipinski definition) is 0. The van der Waals surface area contributed by atoms with Gasteiger partial charge in [0.15, 0.2) is 0 Å². The summed E-state index contributed by atoms with van der Waals surface area (Å²) in [6.07, 6.45) is 2.25. The van der Waals surface area contributed by atoms with E-state index >= 15 is 0 Å². The van der Waals surface area contributed by atoms with E-state index in [2.05, 4.69) is 74.2 Å². The second kappa shape index (κ2) is 10.7. The van der Waals surface area contributed by atoms with Crippen LogP contribution in [-0.4, -0.2) is 54.2 Å². The first kappa shape index (κ1) is 30.1. The average molecular weight is 627 g/mol. The van der Waals surface area contributed by atoms with Crippen molar-refractivity contribution in [3.05, 3.63) is 40.1 Å². The van der Waals surface area contributed by atoms with Crippen LogP contribution >= 0.6 is 15.9 Å². The number of nitrogens with zero attached hydrogens (tertiary/aromatic N) is 2. The van der Waals surface area contributed by atoms with Crippen LogP contribution in [0.4, 0.5) is 0 Å². The van der Waals surface area contributed by atoms with Gasteiger partial charge >= 0.3 is 13.1 Å². The minimum atomic E-state index is -0.555. The Morgan fingerprint density at radius 3 is 2.51 bits per heavy atom. The van der Waals surface area contributed by atoms with E-state index in [1.807, 2.05) is 19.2 Å². The van der Waals surface area contributed by atoms with Gasteiger partial charge in [-0.25, -0.2) is 0 Å². The molecule has 0 saturated carbocycles. The summed E-state index contributed by atoms with van der Waals surface area (Å²) in [6, 6.07) is 6.31. The van der Waals surface area contributed by atoms with E-state index in [-0.39, 0.29) is 17.5 Å². The van der Waals surface area contributed by atoms with Crippen molar-refractivity contribution in [2.45, 2.75) is 85.7 Å². The molecule has 2 aromatic heterocycles. The van der Waals surface area contributed by atoms with Gasteiger partial charge < -0.3 is 28.1 Å². The first-order valence-corrected chi connectivity index (χ1v) is 14.9. The maximum atomic E-state index is 11.7. The number of aromatic nitrogens is 2. The summed E-state index contributed by atoms with van der Waals surface area (Å²) < 4.78 is 33.6. The molecule has 2 aliphatic rings. The van der Waals surface area contributed by atoms with Crippen molar-refractivity contribution in [3.8, 4) is 17.0 Å². The Labute approximate surface area is 251 Å². The Morgan fingerprint density at radius 2 is 1.88 bits per heavy atom. The minimum Gasteiger partial charge on any atom is -0.489 e. The van der Waals surface area contributed by atoms with Crippen molar-refractivity contribution in [2.75, 3.05) is 20.3 Å². The highest BCUT2D eigenvalue weighted by Crippen LogP contribution is 2.45. The highest BCUT2D eigenvalue weighted by molar-refractivity contribution is 9.10. The van der Waals surface area contributed by atoms with Crippen LogP contribution in [0, 0.1) is 5.41 Å². The van der Waals surface area contributed by atoms with Gasteiger partial charge in [0, 0.05) is 46.5 Å². The molecular formula is C31H40BBrN2O6. The van der Waals surface area contributed by atoms with E-state index in [0.717, 1.165) is 49.1 Å². The minimum absolute atomic E-state index is 0.254. The van der Waals surface area contributed by atoms with Gasteiger partial charge in [0.1, 0.15) is 12.4 Å². The molecule has 41 heavy (non-hydrogen) atoms. The van der Waals surface area contributed by atoms with Gasteiger partial charge in [-0.2, -0.15) is 0 Å². The van der Waals surface area contributed by atoms with Gasteiger partial charge in [0.05, 0.1) is 47.4 Å². The third-order valence-electron chi connectivity index (χ3n) is 8.54. The number of carbonyl (C=O) groups is 1. The van der Waals surface area contributed by atoms with Crippen LogP contribution in [0.25, 0.3) is 22.2 Å². The molecule has 0 unspecified atom stereocenters. The molecule has 1 aromatic carbocycles. The standard InChI is InChI=1S/C31H40BBrN2O6/c1-18(37-9)26-23(12-20(16-34-26)32-40-30(5,6)31(7,8)41-32)27-24(15-29(3,4)17-39-19(2)36)22-13-21(33)14-25-28(22)35(27)10-11-38-25/h12-14,16,18H,10-11,15,17H2,1-9H3/t18-/m0/s1. The molecule has 0 N–H and O–H groups in total. The third-order valence-corrected chi connectivity index (χ3v) is 9.00. The third kappa shape index (κ3) is 5.56. The first-order chi connectivity index (χ1) is 19.1. The van der Waals surface area contributed by atoms with E-state index in [1.165, 1.54) is 6.92 Å². The van der Waals surface area contributed by atoms with E-state index < -0.39 is 18.3 Å². The summed E-state index contributed by atoms with van der Waals surface area (Å²) in [7, 11) is 1.14. The van der Waals surface area contributed by atoms with Crippen LogP contribution < -0.4 is 10.2 Å². The Morgan fingerprint density at radius 1 is 1.20 bits per heavy atom. The smallest absolute Gasteiger partial charge is 0.489 e. The molecule has 0 bridgehead atoms. The normalized spacial score (nSPS) is 18.4. The molecule has 0 amide bonds. The van der Waals surface area contributed by atoms with Gasteiger partial charge in [-0.1, -0.05) is 29.8 Å². The van der Waals surface area contributed by atoms with Gasteiger partial charge in [0.25, 0.3) is 0 Å². The highest BCUT2D eigenvalue weighted by Gasteiger charge is 2.52. The second-order valence-corrected chi connectivity index (χ2v) is 13.8. The van der Waals surface area contributed by atoms with Crippen LogP contribution in [0.2, 0.25) is 0 Å². The average Bonchev–Trinajstić information content (AvgIpc) is 3.31. The monoisotopic (exact) mass is 626 g/mol. The predicted molar refractivity (Wildman–Crippen MR) is 164 cm³/mol. The second-order valence-electron chi connectivity index (χ2n) is 12.9. The molecule has 1 atom stereocenters. The van der Waals surface area contributed by atoms with Crippen molar-refractivity contribution in [2.24, 2.45) is 5.41 Å². The summed E-state index contributed by atoms with van der Waals surface area (Å²) in [4.78, 5) is 16.7. The topological polar surface area (TPSA) is 81.0 Å². The number of hydrogen-bond acceptors (Lipinski definition) is 7. The molecule has 1 fully saturated rings. The first-order valence-electron chi connectivity index (χ1n) is 14.1. The summed E-state index contributed by atoms with van der Waals surface area (Å²) in [6.45, 7) is 17.4. The number of benzene rings is 1. The Bertz CT molecular complexity index is 1480. The van der Waals surface area contributed by atoms with Crippen molar-refractivity contribution in [1.29, 1.82) is 0 Å². The van der Waals surface area contributed by atoms with Crippen molar-refractivity contribution >= 4 is 45.4 Å². The molecule has 0 aliphatic carbocycles. The number of methoxy groups -OCH3 is 1. The van der Waals surface area contributed by atoms with Crippen LogP contribution in [-0.2, 0) is 36.5 Å². The molecule has 0 radical (unpaired) electrons. The number of esters is 1. The fraction of sp³-hybridized carbons (Fsp3) is 0.548. The number of rotatable bonds is 8. The molecule has 220 valence electrons. The van der Waals surface area contributed by atoms with Gasteiger partial charge in [-0.05, 0) is 64.8 Å². The van der Waals surface area contributed by atoms with Gasteiger partial charge in [-0.3, -0.25) is 9.78 Å². The van der Waals surface area contributed by atoms with Crippen molar-refractivity contribution < 1.29 is 28.3 Å². The van der Waals surface area contributed by atoms with Crippen LogP contribution in [0.5, 0.6) is 5.75 Å². The van der Waals surface area contributed by atoms with Crippen LogP contribution in [0.1, 0.15) is 72.8 Å². The van der Waals surface area contributed by atoms with Gasteiger partial charge in [-0.15, -0.1) is 0 Å². The Hall–Kier alpha value is -2.40. The molecule has 4 heterocycles. The summed E-state index contributed by atoms with van der Waals surface area (Å²) in [5.74, 6) is 0.551. The lowest BCUT2D eigenvalue weighted by Crippen LogP contribution is -2.41. The van der Waals surface area contributed by atoms with E-state index in [1.54, 1.807) is 7.11 Å². The number of ether oxygens (including phenoxy) is 3. The van der Waals surface area contributed by atoms with Crippen molar-refractivity contribution in [3.63, 3.8) is 0 Å². The maximum Gasteiger partial charge on any atom is 0.496 e. The molecule has 1 saturated heterocycles. The number of carbonyl (C=O) groups excluding carboxylic acids is 1.